The van der Waals surface area contributed by atoms with Gasteiger partial charge in [0.05, 0.1) is 31.8 Å². The van der Waals surface area contributed by atoms with Crippen LogP contribution in [0.2, 0.25) is 0 Å². The van der Waals surface area contributed by atoms with Gasteiger partial charge in [-0.2, -0.15) is 0 Å². The topological polar surface area (TPSA) is 36.9 Å². The fraction of sp³-hybridized carbons (Fsp3) is 0.800. The Bertz CT molecular complexity index is 267. The summed E-state index contributed by atoms with van der Waals surface area (Å²) < 4.78 is 20.5. The first kappa shape index (κ1) is 37.9. The summed E-state index contributed by atoms with van der Waals surface area (Å²) in [5.41, 5.74) is 4.73. The molecule has 164 valence electrons. The van der Waals surface area contributed by atoms with E-state index in [1.54, 1.807) is 28.4 Å². The van der Waals surface area contributed by atoms with Crippen molar-refractivity contribution in [1.29, 1.82) is 0 Å². The molecule has 27 heavy (non-hydrogen) atoms. The molecule has 0 heterocycles. The van der Waals surface area contributed by atoms with Gasteiger partial charge in [-0.1, -0.05) is 25.2 Å². The first-order valence-electron chi connectivity index (χ1n) is 8.62. The van der Waals surface area contributed by atoms with E-state index in [1.165, 1.54) is 0 Å². The maximum absolute atomic E-state index is 5.12. The largest absolute Gasteiger partial charge is 0.384 e. The first-order chi connectivity index (χ1) is 12.8. The summed E-state index contributed by atoms with van der Waals surface area (Å²) in [5.74, 6) is 0. The van der Waals surface area contributed by atoms with E-state index in [4.69, 9.17) is 31.8 Å². The van der Waals surface area contributed by atoms with Gasteiger partial charge >= 0.3 is 0 Å². The van der Waals surface area contributed by atoms with Gasteiger partial charge in [0, 0.05) is 28.4 Å². The molecule has 0 fully saturated rings. The second kappa shape index (κ2) is 37.1. The highest BCUT2D eigenvalue weighted by molar-refractivity contribution is 7.55. The molecule has 4 nitrogen and oxygen atoms in total. The summed E-state index contributed by atoms with van der Waals surface area (Å²) in [6.45, 7) is 16.9. The third-order valence-corrected chi connectivity index (χ3v) is 2.67. The molecule has 2 unspecified atom stereocenters. The van der Waals surface area contributed by atoms with E-state index >= 15 is 0 Å². The summed E-state index contributed by atoms with van der Waals surface area (Å²) in [5, 5.41) is 0. The maximum Gasteiger partial charge on any atom is 0.0637 e. The molecule has 0 aromatic carbocycles. The van der Waals surface area contributed by atoms with E-state index in [0.29, 0.717) is 51.5 Å². The molecule has 0 aliphatic heterocycles. The van der Waals surface area contributed by atoms with Crippen molar-refractivity contribution in [3.05, 3.63) is 0 Å². The lowest BCUT2D eigenvalue weighted by Gasteiger charge is -2.30. The molecule has 0 aromatic rings. The Labute approximate surface area is 175 Å². The summed E-state index contributed by atoms with van der Waals surface area (Å²) in [4.78, 5) is 0. The molecular formula is C20H45O4P3. The summed E-state index contributed by atoms with van der Waals surface area (Å²) >= 11 is 0. The molecule has 0 rings (SSSR count). The van der Waals surface area contributed by atoms with E-state index in [-0.39, 0.29) is 5.41 Å². The van der Waals surface area contributed by atoms with E-state index in [2.05, 4.69) is 31.3 Å². The summed E-state index contributed by atoms with van der Waals surface area (Å²) in [7, 11) is 8.37. The van der Waals surface area contributed by atoms with Crippen molar-refractivity contribution >= 4 is 25.1 Å². The Kier molecular flexibility index (Phi) is 52.1. The van der Waals surface area contributed by atoms with E-state index < -0.39 is 0 Å². The fourth-order valence-electron chi connectivity index (χ4n) is 1.47. The van der Waals surface area contributed by atoms with Crippen LogP contribution in [0.25, 0.3) is 0 Å². The number of hydrogen-bond donors (Lipinski definition) is 0. The van der Waals surface area contributed by atoms with Crippen molar-refractivity contribution in [1.82, 2.24) is 0 Å². The molecular weight excluding hydrogens is 397 g/mol. The van der Waals surface area contributed by atoms with Crippen molar-refractivity contribution in [3.63, 3.8) is 0 Å². The van der Waals surface area contributed by atoms with Crippen LogP contribution in [0.4, 0.5) is 0 Å². The lowest BCUT2D eigenvalue weighted by Crippen LogP contribution is -2.40. The van der Waals surface area contributed by atoms with Crippen LogP contribution in [-0.2, 0) is 18.9 Å². The Morgan fingerprint density at radius 1 is 0.704 bits per heavy atom. The van der Waals surface area contributed by atoms with Gasteiger partial charge in [0.1, 0.15) is 0 Å². The van der Waals surface area contributed by atoms with Crippen molar-refractivity contribution < 1.29 is 18.9 Å². The Morgan fingerprint density at radius 2 is 0.852 bits per heavy atom. The highest BCUT2D eigenvalue weighted by Crippen LogP contribution is 2.19. The van der Waals surface area contributed by atoms with Gasteiger partial charge < -0.3 is 18.9 Å². The van der Waals surface area contributed by atoms with Gasteiger partial charge in [-0.3, -0.25) is 0 Å². The quantitative estimate of drug-likeness (QED) is 0.403. The van der Waals surface area contributed by atoms with Crippen LogP contribution in [0.15, 0.2) is 0 Å². The monoisotopic (exact) mass is 442 g/mol. The number of hydrogen-bond acceptors (Lipinski definition) is 4. The van der Waals surface area contributed by atoms with Gasteiger partial charge in [0.2, 0.25) is 0 Å². The molecule has 0 amide bonds. The second-order valence-corrected chi connectivity index (χ2v) is 9.62. The van der Waals surface area contributed by atoms with Gasteiger partial charge in [0.25, 0.3) is 0 Å². The molecule has 0 spiro atoms. The van der Waals surface area contributed by atoms with E-state index in [9.17, 15) is 0 Å². The van der Waals surface area contributed by atoms with Crippen LogP contribution in [-0.4, -0.2) is 88.2 Å². The van der Waals surface area contributed by atoms with Gasteiger partial charge in [0.15, 0.2) is 0 Å². The standard InChI is InChI=1S/C9H20O4.C3H9P.2C3H5P.C2H6/c1-10-5-9(6-11-2,7-12-3)8-13-4;1-4(2)3;2*1-3-4-2;1-2/h5-8H2,1-4H3;1-3H3;2*1,4H,2H3;1-2H3. The van der Waals surface area contributed by atoms with E-state index in [1.807, 2.05) is 27.2 Å². The third-order valence-electron chi connectivity index (χ3n) is 2.09. The second-order valence-electron chi connectivity index (χ2n) is 5.36. The minimum absolute atomic E-state index is 0.188. The lowest BCUT2D eigenvalue weighted by atomic mass is 9.92. The maximum atomic E-state index is 5.12. The molecule has 7 heteroatoms. The van der Waals surface area contributed by atoms with Crippen LogP contribution in [0, 0.1) is 29.6 Å². The van der Waals surface area contributed by atoms with Crippen molar-refractivity contribution in [3.8, 4) is 24.2 Å². The number of methoxy groups -OCH3 is 4. The van der Waals surface area contributed by atoms with Crippen LogP contribution in [0.1, 0.15) is 13.8 Å². The zero-order valence-electron chi connectivity index (χ0n) is 19.6. The molecule has 0 aliphatic rings. The fourth-order valence-corrected chi connectivity index (χ4v) is 1.47. The molecule has 0 aliphatic carbocycles. The van der Waals surface area contributed by atoms with Crippen molar-refractivity contribution in [2.45, 2.75) is 13.8 Å². The minimum Gasteiger partial charge on any atom is -0.384 e. The number of ether oxygens (including phenoxy) is 4. The minimum atomic E-state index is -0.188. The molecule has 0 bridgehead atoms. The average molecular weight is 442 g/mol. The Balaban J connectivity index is -0.0000000945. The highest BCUT2D eigenvalue weighted by atomic mass is 31.1. The van der Waals surface area contributed by atoms with Crippen molar-refractivity contribution in [2.75, 3.05) is 88.2 Å². The summed E-state index contributed by atoms with van der Waals surface area (Å²) in [6.07, 6.45) is 9.58. The smallest absolute Gasteiger partial charge is 0.0637 e. The molecule has 0 radical (unpaired) electrons. The van der Waals surface area contributed by atoms with Crippen LogP contribution in [0.3, 0.4) is 0 Å². The Morgan fingerprint density at radius 3 is 0.926 bits per heavy atom. The lowest BCUT2D eigenvalue weighted by molar-refractivity contribution is -0.0760. The zero-order chi connectivity index (χ0) is 22.6. The van der Waals surface area contributed by atoms with Gasteiger partial charge in [-0.15, -0.1) is 20.8 Å². The van der Waals surface area contributed by atoms with Crippen LogP contribution < -0.4 is 0 Å². The number of terminal acetylenes is 2. The van der Waals surface area contributed by atoms with Gasteiger partial charge in [-0.05, 0) is 50.5 Å². The zero-order valence-corrected chi connectivity index (χ0v) is 22.5. The van der Waals surface area contributed by atoms with Crippen LogP contribution in [0.5, 0.6) is 0 Å². The molecule has 0 saturated carbocycles. The average Bonchev–Trinajstić information content (AvgIpc) is 2.64. The molecule has 0 N–H and O–H groups in total. The third kappa shape index (κ3) is 46.3. The first-order valence-corrected chi connectivity index (χ1v) is 14.3. The molecule has 2 atom stereocenters. The SMILES string of the molecule is C#CPC.C#CPC.CC.COCC(COC)(COC)COC.CP(C)C. The Hall–Kier alpha value is 0.250. The number of rotatable bonds is 8. The molecule has 0 aromatic heterocycles. The normalized spacial score (nSPS) is 9.70. The predicted octanol–water partition coefficient (Wildman–Crippen LogP) is 4.71. The van der Waals surface area contributed by atoms with Crippen LogP contribution >= 0.6 is 25.1 Å². The predicted molar refractivity (Wildman–Crippen MR) is 132 cm³/mol. The van der Waals surface area contributed by atoms with Gasteiger partial charge in [-0.25, -0.2) is 0 Å². The van der Waals surface area contributed by atoms with E-state index in [0.717, 1.165) is 0 Å². The molecule has 0 saturated heterocycles. The summed E-state index contributed by atoms with van der Waals surface area (Å²) in [6, 6.07) is 0. The highest BCUT2D eigenvalue weighted by Gasteiger charge is 2.30. The van der Waals surface area contributed by atoms with Crippen molar-refractivity contribution in [2.24, 2.45) is 5.41 Å².